The molecule has 1 unspecified atom stereocenters. The molecule has 1 aromatic rings. The first-order valence-corrected chi connectivity index (χ1v) is 8.30. The van der Waals surface area contributed by atoms with Crippen LogP contribution in [0.3, 0.4) is 0 Å². The Morgan fingerprint density at radius 1 is 1.12 bits per heavy atom. The van der Waals surface area contributed by atoms with Gasteiger partial charge in [-0.3, -0.25) is 9.69 Å². The van der Waals surface area contributed by atoms with Crippen molar-refractivity contribution in [1.29, 1.82) is 0 Å². The highest BCUT2D eigenvalue weighted by atomic mass is 16.6. The van der Waals surface area contributed by atoms with Crippen molar-refractivity contribution in [3.63, 3.8) is 0 Å². The molecule has 0 bridgehead atoms. The van der Waals surface area contributed by atoms with E-state index in [1.54, 1.807) is 26.0 Å². The molecular weight excluding hydrogens is 342 g/mol. The van der Waals surface area contributed by atoms with Crippen LogP contribution in [0.15, 0.2) is 24.3 Å². The second-order valence-corrected chi connectivity index (χ2v) is 6.03. The highest BCUT2D eigenvalue weighted by Gasteiger charge is 2.72. The molecule has 1 fully saturated rings. The normalized spacial score (nSPS) is 21.4. The van der Waals surface area contributed by atoms with Crippen LogP contribution in [0.1, 0.15) is 27.2 Å². The van der Waals surface area contributed by atoms with Crippen LogP contribution in [0.5, 0.6) is 5.75 Å². The summed E-state index contributed by atoms with van der Waals surface area (Å²) in [5.74, 6) is -2.14. The number of hydrogen-bond acceptors (Lipinski definition) is 7. The Labute approximate surface area is 151 Å². The first-order valence-electron chi connectivity index (χ1n) is 8.30. The van der Waals surface area contributed by atoms with Gasteiger partial charge in [-0.2, -0.15) is 0 Å². The van der Waals surface area contributed by atoms with Gasteiger partial charge in [0, 0.05) is 5.69 Å². The van der Waals surface area contributed by atoms with Crippen LogP contribution in [0, 0.1) is 0 Å². The van der Waals surface area contributed by atoms with E-state index < -0.39 is 35.4 Å². The van der Waals surface area contributed by atoms with Gasteiger partial charge in [-0.25, -0.2) is 9.59 Å². The highest BCUT2D eigenvalue weighted by molar-refractivity contribution is 6.20. The Bertz CT molecular complexity index is 678. The van der Waals surface area contributed by atoms with E-state index in [0.29, 0.717) is 5.75 Å². The lowest BCUT2D eigenvalue weighted by molar-refractivity contribution is -0.174. The van der Waals surface area contributed by atoms with Gasteiger partial charge in [-0.05, 0) is 45.0 Å². The van der Waals surface area contributed by atoms with Gasteiger partial charge in [0.2, 0.25) is 5.91 Å². The summed E-state index contributed by atoms with van der Waals surface area (Å²) in [4.78, 5) is 39.4. The third-order valence-electron chi connectivity index (χ3n) is 4.33. The molecule has 0 aliphatic carbocycles. The maximum atomic E-state index is 12.8. The largest absolute Gasteiger partial charge is 0.497 e. The Balaban J connectivity index is 2.68. The number of carbonyl (C=O) groups is 3. The van der Waals surface area contributed by atoms with Gasteiger partial charge >= 0.3 is 11.9 Å². The average Bonchev–Trinajstić information content (AvgIpc) is 2.81. The quantitative estimate of drug-likeness (QED) is 0.594. The van der Waals surface area contributed by atoms with Gasteiger partial charge in [0.05, 0.1) is 26.7 Å². The Morgan fingerprint density at radius 2 is 1.62 bits per heavy atom. The number of rotatable bonds is 6. The summed E-state index contributed by atoms with van der Waals surface area (Å²) in [6.07, 6.45) is -0.434. The number of anilines is 1. The van der Waals surface area contributed by atoms with Crippen molar-refractivity contribution in [1.82, 2.24) is 0 Å². The maximum absolute atomic E-state index is 12.8. The number of methoxy groups -OCH3 is 1. The van der Waals surface area contributed by atoms with E-state index in [9.17, 15) is 19.5 Å². The zero-order chi connectivity index (χ0) is 19.5. The van der Waals surface area contributed by atoms with Crippen molar-refractivity contribution in [3.8, 4) is 5.75 Å². The molecule has 1 amide bonds. The third kappa shape index (κ3) is 2.90. The molecule has 26 heavy (non-hydrogen) atoms. The number of ether oxygens (including phenoxy) is 3. The first kappa shape index (κ1) is 19.7. The lowest BCUT2D eigenvalue weighted by atomic mass is 9.81. The summed E-state index contributed by atoms with van der Waals surface area (Å²) < 4.78 is 15.2. The Kier molecular flexibility index (Phi) is 5.56. The number of aliphatic hydroxyl groups is 1. The van der Waals surface area contributed by atoms with Crippen LogP contribution in [-0.4, -0.2) is 54.4 Å². The zero-order valence-corrected chi connectivity index (χ0v) is 15.3. The zero-order valence-electron chi connectivity index (χ0n) is 15.3. The molecule has 0 saturated carbocycles. The van der Waals surface area contributed by atoms with Crippen LogP contribution in [0.2, 0.25) is 0 Å². The van der Waals surface area contributed by atoms with E-state index in [1.165, 1.54) is 26.2 Å². The van der Waals surface area contributed by atoms with Gasteiger partial charge in [-0.15, -0.1) is 0 Å². The molecule has 0 radical (unpaired) electrons. The lowest BCUT2D eigenvalue weighted by Gasteiger charge is -2.39. The fourth-order valence-corrected chi connectivity index (χ4v) is 3.18. The van der Waals surface area contributed by atoms with Crippen LogP contribution in [-0.2, 0) is 23.9 Å². The van der Waals surface area contributed by atoms with Crippen molar-refractivity contribution in [2.75, 3.05) is 25.2 Å². The van der Waals surface area contributed by atoms with Gasteiger partial charge < -0.3 is 19.3 Å². The summed E-state index contributed by atoms with van der Waals surface area (Å²) in [5.41, 5.74) is -4.09. The summed E-state index contributed by atoms with van der Waals surface area (Å²) >= 11 is 0. The lowest BCUT2D eigenvalue weighted by Crippen LogP contribution is -2.69. The van der Waals surface area contributed by atoms with E-state index in [1.807, 2.05) is 0 Å². The molecule has 1 aromatic carbocycles. The smallest absolute Gasteiger partial charge is 0.347 e. The number of carbonyl (C=O) groups excluding carboxylic acids is 3. The topological polar surface area (TPSA) is 102 Å². The molecule has 8 heteroatoms. The minimum absolute atomic E-state index is 0.0271. The van der Waals surface area contributed by atoms with E-state index >= 15 is 0 Å². The van der Waals surface area contributed by atoms with Crippen LogP contribution in [0.4, 0.5) is 5.69 Å². The van der Waals surface area contributed by atoms with E-state index in [0.717, 1.165) is 4.90 Å². The number of amides is 1. The fraction of sp³-hybridized carbons (Fsp3) is 0.500. The van der Waals surface area contributed by atoms with Crippen LogP contribution >= 0.6 is 0 Å². The highest BCUT2D eigenvalue weighted by Crippen LogP contribution is 2.44. The Morgan fingerprint density at radius 3 is 2.04 bits per heavy atom. The van der Waals surface area contributed by atoms with Gasteiger partial charge in [-0.1, -0.05) is 0 Å². The molecule has 8 nitrogen and oxygen atoms in total. The number of benzene rings is 1. The minimum atomic E-state index is -2.33. The van der Waals surface area contributed by atoms with Gasteiger partial charge in [0.25, 0.3) is 5.54 Å². The van der Waals surface area contributed by atoms with E-state index in [4.69, 9.17) is 14.2 Å². The molecular formula is C18H23NO7. The van der Waals surface area contributed by atoms with Crippen molar-refractivity contribution in [3.05, 3.63) is 24.3 Å². The minimum Gasteiger partial charge on any atom is -0.497 e. The Hall–Kier alpha value is -2.61. The first-order chi connectivity index (χ1) is 12.3. The second kappa shape index (κ2) is 7.33. The van der Waals surface area contributed by atoms with Crippen LogP contribution in [0.25, 0.3) is 0 Å². The third-order valence-corrected chi connectivity index (χ3v) is 4.33. The molecule has 0 aromatic heterocycles. The summed E-state index contributed by atoms with van der Waals surface area (Å²) in [7, 11) is 1.49. The summed E-state index contributed by atoms with van der Waals surface area (Å²) in [5, 5.41) is 10.9. The molecule has 142 valence electrons. The predicted molar refractivity (Wildman–Crippen MR) is 91.7 cm³/mol. The molecule has 1 aliphatic rings. The molecule has 2 rings (SSSR count). The fourth-order valence-electron chi connectivity index (χ4n) is 3.18. The molecule has 1 heterocycles. The SMILES string of the molecule is CCOC(=O)C1(C(=O)OCC)N(c2ccc(OC)cc2)C(=O)CC1(C)O. The maximum Gasteiger partial charge on any atom is 0.347 e. The van der Waals surface area contributed by atoms with Crippen molar-refractivity contribution in [2.24, 2.45) is 0 Å². The van der Waals surface area contributed by atoms with Gasteiger partial charge in [0.1, 0.15) is 11.4 Å². The molecule has 1 N–H and O–H groups in total. The average molecular weight is 365 g/mol. The van der Waals surface area contributed by atoms with Crippen molar-refractivity contribution in [2.45, 2.75) is 38.3 Å². The van der Waals surface area contributed by atoms with E-state index in [-0.39, 0.29) is 18.9 Å². The van der Waals surface area contributed by atoms with Crippen molar-refractivity contribution < 1.29 is 33.7 Å². The number of nitrogens with zero attached hydrogens (tertiary/aromatic N) is 1. The molecule has 1 saturated heterocycles. The number of esters is 2. The van der Waals surface area contributed by atoms with E-state index in [2.05, 4.69) is 0 Å². The van der Waals surface area contributed by atoms with Crippen LogP contribution < -0.4 is 9.64 Å². The summed E-state index contributed by atoms with van der Waals surface area (Å²) in [6, 6.07) is 6.20. The molecule has 1 atom stereocenters. The summed E-state index contributed by atoms with van der Waals surface area (Å²) in [6.45, 7) is 4.34. The second-order valence-electron chi connectivity index (χ2n) is 6.03. The van der Waals surface area contributed by atoms with Gasteiger partial charge in [0.15, 0.2) is 0 Å². The number of hydrogen-bond donors (Lipinski definition) is 1. The molecule has 0 spiro atoms. The van der Waals surface area contributed by atoms with Crippen molar-refractivity contribution >= 4 is 23.5 Å². The predicted octanol–water partition coefficient (Wildman–Crippen LogP) is 1.05. The molecule has 1 aliphatic heterocycles. The standard InChI is InChI=1S/C18H23NO7/c1-5-25-15(21)18(16(22)26-6-2)17(3,23)11-14(20)19(18)12-7-9-13(24-4)10-8-12/h7-10,23H,5-6,11H2,1-4H3. The monoisotopic (exact) mass is 365 g/mol.